The number of carbonyl (C=O) groups excluding carboxylic acids is 1. The van der Waals surface area contributed by atoms with Crippen LogP contribution in [0.25, 0.3) is 0 Å². The predicted octanol–water partition coefficient (Wildman–Crippen LogP) is 1.45. The van der Waals surface area contributed by atoms with E-state index in [1.165, 1.54) is 0 Å². The first-order valence-corrected chi connectivity index (χ1v) is 5.65. The van der Waals surface area contributed by atoms with Crippen molar-refractivity contribution in [3.05, 3.63) is 24.2 Å². The van der Waals surface area contributed by atoms with Crippen molar-refractivity contribution in [2.75, 3.05) is 0 Å². The summed E-state index contributed by atoms with van der Waals surface area (Å²) in [5, 5.41) is 2.92. The first kappa shape index (κ1) is 12.8. The highest BCUT2D eigenvalue weighted by Crippen LogP contribution is 2.04. The highest BCUT2D eigenvalue weighted by molar-refractivity contribution is 5.76. The van der Waals surface area contributed by atoms with Gasteiger partial charge in [0.15, 0.2) is 0 Å². The van der Waals surface area contributed by atoms with Crippen LogP contribution in [0.1, 0.15) is 32.4 Å². The Morgan fingerprint density at radius 1 is 1.56 bits per heavy atom. The molecule has 0 aliphatic carbocycles. The van der Waals surface area contributed by atoms with Crippen LogP contribution in [0, 0.1) is 0 Å². The molecule has 0 aliphatic heterocycles. The van der Waals surface area contributed by atoms with Crippen molar-refractivity contribution in [3.8, 4) is 0 Å². The Labute approximate surface area is 96.2 Å². The quantitative estimate of drug-likeness (QED) is 0.768. The zero-order valence-electron chi connectivity index (χ0n) is 9.90. The van der Waals surface area contributed by atoms with Crippen molar-refractivity contribution in [2.45, 2.75) is 45.2 Å². The van der Waals surface area contributed by atoms with Crippen LogP contribution >= 0.6 is 0 Å². The molecule has 0 bridgehead atoms. The molecule has 0 spiro atoms. The lowest BCUT2D eigenvalue weighted by atomic mass is 10.1. The molecular formula is C12H20N2O2. The minimum absolute atomic E-state index is 0.0522. The lowest BCUT2D eigenvalue weighted by Gasteiger charge is -2.13. The Morgan fingerprint density at radius 3 is 2.88 bits per heavy atom. The van der Waals surface area contributed by atoms with E-state index in [0.717, 1.165) is 18.6 Å². The van der Waals surface area contributed by atoms with Crippen LogP contribution in [-0.2, 0) is 11.2 Å². The molecule has 4 heteroatoms. The fraction of sp³-hybridized carbons (Fsp3) is 0.583. The number of carbonyl (C=O) groups is 1. The molecule has 0 aromatic carbocycles. The third-order valence-corrected chi connectivity index (χ3v) is 2.32. The van der Waals surface area contributed by atoms with Gasteiger partial charge in [0.05, 0.1) is 6.26 Å². The SMILES string of the molecule is CC(N)CCC(=O)NC(C)Cc1ccco1. The Bertz CT molecular complexity index is 307. The molecular weight excluding hydrogens is 204 g/mol. The lowest BCUT2D eigenvalue weighted by molar-refractivity contribution is -0.121. The van der Waals surface area contributed by atoms with Gasteiger partial charge >= 0.3 is 0 Å². The van der Waals surface area contributed by atoms with Crippen LogP contribution in [0.15, 0.2) is 22.8 Å². The summed E-state index contributed by atoms with van der Waals surface area (Å²) < 4.78 is 5.21. The monoisotopic (exact) mass is 224 g/mol. The minimum Gasteiger partial charge on any atom is -0.469 e. The van der Waals surface area contributed by atoms with E-state index >= 15 is 0 Å². The van der Waals surface area contributed by atoms with Gasteiger partial charge in [-0.3, -0.25) is 4.79 Å². The van der Waals surface area contributed by atoms with E-state index < -0.39 is 0 Å². The molecule has 4 nitrogen and oxygen atoms in total. The van der Waals surface area contributed by atoms with Crippen molar-refractivity contribution < 1.29 is 9.21 Å². The summed E-state index contributed by atoms with van der Waals surface area (Å²) in [6.45, 7) is 3.87. The van der Waals surface area contributed by atoms with Crippen LogP contribution in [0.5, 0.6) is 0 Å². The van der Waals surface area contributed by atoms with Gasteiger partial charge in [-0.2, -0.15) is 0 Å². The van der Waals surface area contributed by atoms with Crippen LogP contribution in [0.4, 0.5) is 0 Å². The molecule has 2 atom stereocenters. The average Bonchev–Trinajstić information content (AvgIpc) is 2.67. The number of nitrogens with two attached hydrogens (primary N) is 1. The van der Waals surface area contributed by atoms with Gasteiger partial charge in [-0.25, -0.2) is 0 Å². The fourth-order valence-corrected chi connectivity index (χ4v) is 1.49. The van der Waals surface area contributed by atoms with Gasteiger partial charge in [0.2, 0.25) is 5.91 Å². The van der Waals surface area contributed by atoms with Crippen molar-refractivity contribution in [1.82, 2.24) is 5.32 Å². The first-order valence-electron chi connectivity index (χ1n) is 5.65. The predicted molar refractivity (Wildman–Crippen MR) is 62.9 cm³/mol. The Kier molecular flexibility index (Phi) is 5.05. The van der Waals surface area contributed by atoms with Crippen LogP contribution in [0.2, 0.25) is 0 Å². The van der Waals surface area contributed by atoms with Gasteiger partial charge in [0.25, 0.3) is 0 Å². The standard InChI is InChI=1S/C12H20N2O2/c1-9(13)5-6-12(15)14-10(2)8-11-4-3-7-16-11/h3-4,7,9-10H,5-6,8,13H2,1-2H3,(H,14,15). The molecule has 90 valence electrons. The van der Waals surface area contributed by atoms with E-state index in [1.807, 2.05) is 26.0 Å². The smallest absolute Gasteiger partial charge is 0.220 e. The largest absolute Gasteiger partial charge is 0.469 e. The fourth-order valence-electron chi connectivity index (χ4n) is 1.49. The Balaban J connectivity index is 2.23. The summed E-state index contributed by atoms with van der Waals surface area (Å²) in [6.07, 6.45) is 3.57. The summed E-state index contributed by atoms with van der Waals surface area (Å²) in [5.74, 6) is 0.941. The normalized spacial score (nSPS) is 14.4. The number of nitrogens with one attached hydrogen (secondary N) is 1. The molecule has 1 aromatic heterocycles. The first-order chi connectivity index (χ1) is 7.58. The Hall–Kier alpha value is -1.29. The van der Waals surface area contributed by atoms with E-state index in [4.69, 9.17) is 10.2 Å². The van der Waals surface area contributed by atoms with Crippen LogP contribution in [-0.4, -0.2) is 18.0 Å². The van der Waals surface area contributed by atoms with Gasteiger partial charge in [-0.05, 0) is 32.4 Å². The maximum Gasteiger partial charge on any atom is 0.220 e. The lowest BCUT2D eigenvalue weighted by Crippen LogP contribution is -2.34. The van der Waals surface area contributed by atoms with Crippen molar-refractivity contribution in [3.63, 3.8) is 0 Å². The summed E-state index contributed by atoms with van der Waals surface area (Å²) in [4.78, 5) is 11.5. The molecule has 2 unspecified atom stereocenters. The van der Waals surface area contributed by atoms with Gasteiger partial charge in [0.1, 0.15) is 5.76 Å². The van der Waals surface area contributed by atoms with Crippen molar-refractivity contribution in [2.24, 2.45) is 5.73 Å². The molecule has 0 radical (unpaired) electrons. The molecule has 0 fully saturated rings. The summed E-state index contributed by atoms with van der Waals surface area (Å²) >= 11 is 0. The second-order valence-corrected chi connectivity index (χ2v) is 4.27. The topological polar surface area (TPSA) is 68.3 Å². The van der Waals surface area contributed by atoms with E-state index in [0.29, 0.717) is 6.42 Å². The van der Waals surface area contributed by atoms with E-state index in [-0.39, 0.29) is 18.0 Å². The summed E-state index contributed by atoms with van der Waals surface area (Å²) in [6, 6.07) is 3.92. The average molecular weight is 224 g/mol. The van der Waals surface area contributed by atoms with E-state index in [2.05, 4.69) is 5.32 Å². The molecule has 1 heterocycles. The van der Waals surface area contributed by atoms with Gasteiger partial charge in [-0.15, -0.1) is 0 Å². The Morgan fingerprint density at radius 2 is 2.31 bits per heavy atom. The van der Waals surface area contributed by atoms with Gasteiger partial charge in [0, 0.05) is 24.9 Å². The number of amides is 1. The molecule has 1 amide bonds. The number of rotatable bonds is 6. The van der Waals surface area contributed by atoms with Gasteiger partial charge < -0.3 is 15.5 Å². The molecule has 0 aliphatic rings. The highest BCUT2D eigenvalue weighted by Gasteiger charge is 2.09. The highest BCUT2D eigenvalue weighted by atomic mass is 16.3. The molecule has 16 heavy (non-hydrogen) atoms. The molecule has 0 saturated carbocycles. The molecule has 1 aromatic rings. The third-order valence-electron chi connectivity index (χ3n) is 2.32. The second-order valence-electron chi connectivity index (χ2n) is 4.27. The number of hydrogen-bond acceptors (Lipinski definition) is 3. The minimum atomic E-state index is 0.0522. The van der Waals surface area contributed by atoms with Gasteiger partial charge in [-0.1, -0.05) is 0 Å². The summed E-state index contributed by atoms with van der Waals surface area (Å²) in [5.41, 5.74) is 5.59. The number of furan rings is 1. The van der Waals surface area contributed by atoms with Crippen LogP contribution < -0.4 is 11.1 Å². The van der Waals surface area contributed by atoms with Crippen molar-refractivity contribution >= 4 is 5.91 Å². The zero-order chi connectivity index (χ0) is 12.0. The summed E-state index contributed by atoms with van der Waals surface area (Å²) in [7, 11) is 0. The van der Waals surface area contributed by atoms with Crippen molar-refractivity contribution in [1.29, 1.82) is 0 Å². The third kappa shape index (κ3) is 4.98. The number of hydrogen-bond donors (Lipinski definition) is 2. The zero-order valence-corrected chi connectivity index (χ0v) is 9.90. The molecule has 3 N–H and O–H groups in total. The maximum absolute atomic E-state index is 11.5. The molecule has 1 rings (SSSR count). The second kappa shape index (κ2) is 6.33. The van der Waals surface area contributed by atoms with E-state index in [9.17, 15) is 4.79 Å². The molecule has 0 saturated heterocycles. The van der Waals surface area contributed by atoms with E-state index in [1.54, 1.807) is 6.26 Å². The maximum atomic E-state index is 11.5. The van der Waals surface area contributed by atoms with Crippen LogP contribution in [0.3, 0.4) is 0 Å².